The molecule has 6 aromatic rings. The van der Waals surface area contributed by atoms with Gasteiger partial charge in [0.15, 0.2) is 5.82 Å². The van der Waals surface area contributed by atoms with Gasteiger partial charge in [-0.15, -0.1) is 0 Å². The Labute approximate surface area is 287 Å². The lowest BCUT2D eigenvalue weighted by atomic mass is 10.1. The zero-order chi connectivity index (χ0) is 35.0. The van der Waals surface area contributed by atoms with Crippen LogP contribution in [0.4, 0.5) is 11.4 Å². The minimum atomic E-state index is -0.435. The van der Waals surface area contributed by atoms with E-state index in [1.807, 2.05) is 60.7 Å². The van der Waals surface area contributed by atoms with Crippen molar-refractivity contribution >= 4 is 35.1 Å². The quantitative estimate of drug-likeness (QED) is 0.118. The van der Waals surface area contributed by atoms with Gasteiger partial charge in [-0.05, 0) is 91.0 Å². The molecule has 1 aromatic heterocycles. The Bertz CT molecular complexity index is 2030. The lowest BCUT2D eigenvalue weighted by Gasteiger charge is -2.11. The summed E-state index contributed by atoms with van der Waals surface area (Å²) in [6, 6.07) is 38.9. The van der Waals surface area contributed by atoms with E-state index in [4.69, 9.17) is 19.4 Å². The average Bonchev–Trinajstić information content (AvgIpc) is 3.12. The second kappa shape index (κ2) is 14.9. The van der Waals surface area contributed by atoms with Crippen molar-refractivity contribution < 1.29 is 28.7 Å². The highest BCUT2D eigenvalue weighted by Gasteiger charge is 2.13. The summed E-state index contributed by atoms with van der Waals surface area (Å²) in [6.07, 6.45) is 0. The van der Waals surface area contributed by atoms with E-state index < -0.39 is 11.9 Å². The lowest BCUT2D eigenvalue weighted by molar-refractivity contribution is -0.132. The zero-order valence-electron chi connectivity index (χ0n) is 27.0. The molecule has 50 heavy (non-hydrogen) atoms. The number of benzene rings is 5. The molecule has 0 unspecified atom stereocenters. The van der Waals surface area contributed by atoms with E-state index >= 15 is 0 Å². The van der Waals surface area contributed by atoms with E-state index in [1.54, 1.807) is 72.8 Å². The molecule has 0 fully saturated rings. The Kier molecular flexibility index (Phi) is 9.81. The molecule has 0 aliphatic rings. The van der Waals surface area contributed by atoms with Crippen molar-refractivity contribution in [2.75, 3.05) is 10.6 Å². The van der Waals surface area contributed by atoms with Crippen LogP contribution in [0.3, 0.4) is 0 Å². The van der Waals surface area contributed by atoms with Crippen molar-refractivity contribution in [1.82, 2.24) is 9.97 Å². The molecule has 10 heteroatoms. The van der Waals surface area contributed by atoms with Gasteiger partial charge in [-0.1, -0.05) is 42.5 Å². The molecule has 0 spiro atoms. The van der Waals surface area contributed by atoms with Crippen LogP contribution in [0.25, 0.3) is 33.9 Å². The van der Waals surface area contributed by atoms with Crippen molar-refractivity contribution in [2.24, 2.45) is 0 Å². The molecule has 1 heterocycles. The molecule has 246 valence electrons. The normalized spacial score (nSPS) is 10.5. The molecule has 0 atom stereocenters. The van der Waals surface area contributed by atoms with Gasteiger partial charge in [0.2, 0.25) is 0 Å². The molecule has 0 radical (unpaired) electrons. The third-order valence-corrected chi connectivity index (χ3v) is 7.39. The van der Waals surface area contributed by atoms with Gasteiger partial charge in [0, 0.05) is 53.0 Å². The first kappa shape index (κ1) is 33.0. The smallest absolute Gasteiger partial charge is 0.308 e. The first-order valence-electron chi connectivity index (χ1n) is 15.6. The number of rotatable bonds is 9. The fraction of sp³-hybridized carbons (Fsp3) is 0.0500. The highest BCUT2D eigenvalue weighted by atomic mass is 16.5. The minimum Gasteiger partial charge on any atom is -0.427 e. The van der Waals surface area contributed by atoms with Crippen molar-refractivity contribution in [2.45, 2.75) is 13.8 Å². The van der Waals surface area contributed by atoms with Crippen LogP contribution >= 0.6 is 0 Å². The second-order valence-electron chi connectivity index (χ2n) is 11.1. The summed E-state index contributed by atoms with van der Waals surface area (Å²) in [5, 5.41) is 5.76. The Morgan fingerprint density at radius 3 is 1.30 bits per heavy atom. The fourth-order valence-corrected chi connectivity index (χ4v) is 5.00. The maximum atomic E-state index is 12.8. The molecule has 2 N–H and O–H groups in total. The summed E-state index contributed by atoms with van der Waals surface area (Å²) in [5.41, 5.74) is 5.90. The van der Waals surface area contributed by atoms with E-state index in [0.717, 1.165) is 22.4 Å². The second-order valence-corrected chi connectivity index (χ2v) is 11.1. The van der Waals surface area contributed by atoms with Crippen LogP contribution in [0.5, 0.6) is 11.5 Å². The van der Waals surface area contributed by atoms with Gasteiger partial charge in [-0.25, -0.2) is 9.97 Å². The third kappa shape index (κ3) is 8.31. The van der Waals surface area contributed by atoms with Crippen LogP contribution in [0, 0.1) is 0 Å². The number of ether oxygens (including phenoxy) is 2. The highest BCUT2D eigenvalue weighted by Crippen LogP contribution is 2.29. The van der Waals surface area contributed by atoms with E-state index in [9.17, 15) is 19.2 Å². The molecule has 0 saturated carbocycles. The fourth-order valence-electron chi connectivity index (χ4n) is 5.00. The number of amides is 2. The number of nitrogens with one attached hydrogen (secondary N) is 2. The molecular weight excluding hydrogens is 632 g/mol. The molecule has 0 bridgehead atoms. The predicted molar refractivity (Wildman–Crippen MR) is 190 cm³/mol. The Morgan fingerprint density at radius 1 is 0.480 bits per heavy atom. The molecule has 2 amide bonds. The van der Waals surface area contributed by atoms with Crippen LogP contribution in [0.2, 0.25) is 0 Å². The first-order chi connectivity index (χ1) is 24.2. The maximum Gasteiger partial charge on any atom is 0.308 e. The molecule has 10 nitrogen and oxygen atoms in total. The number of carbonyl (C=O) groups excluding carboxylic acids is 4. The summed E-state index contributed by atoms with van der Waals surface area (Å²) in [5.74, 6) is -0.268. The molecule has 0 aliphatic carbocycles. The number of nitrogens with zero attached hydrogens (tertiary/aromatic N) is 2. The minimum absolute atomic E-state index is 0.306. The number of hydrogen-bond donors (Lipinski definition) is 2. The van der Waals surface area contributed by atoms with Crippen molar-refractivity contribution in [1.29, 1.82) is 0 Å². The van der Waals surface area contributed by atoms with Crippen LogP contribution < -0.4 is 20.1 Å². The van der Waals surface area contributed by atoms with Crippen LogP contribution in [-0.2, 0) is 9.59 Å². The van der Waals surface area contributed by atoms with Gasteiger partial charge in [0.1, 0.15) is 11.5 Å². The summed E-state index contributed by atoms with van der Waals surface area (Å²) in [4.78, 5) is 57.7. The maximum absolute atomic E-state index is 12.8. The van der Waals surface area contributed by atoms with Crippen molar-refractivity contribution in [3.8, 4) is 45.4 Å². The SMILES string of the molecule is CC(=O)Oc1ccc(C(=O)Nc2ccc(-c3cc(-c4ccccc4)nc(-c4ccc(NC(=O)c5ccc(OC(C)=O)cc5)cc4)n3)cc2)cc1. The van der Waals surface area contributed by atoms with Crippen molar-refractivity contribution in [3.63, 3.8) is 0 Å². The van der Waals surface area contributed by atoms with Crippen molar-refractivity contribution in [3.05, 3.63) is 145 Å². The van der Waals surface area contributed by atoms with Gasteiger partial charge < -0.3 is 20.1 Å². The third-order valence-electron chi connectivity index (χ3n) is 7.39. The number of anilines is 2. The van der Waals surface area contributed by atoms with E-state index in [0.29, 0.717) is 45.5 Å². The number of carbonyl (C=O) groups is 4. The van der Waals surface area contributed by atoms with E-state index in [2.05, 4.69) is 10.6 Å². The predicted octanol–water partition coefficient (Wildman–Crippen LogP) is 7.83. The number of hydrogen-bond acceptors (Lipinski definition) is 8. The molecule has 0 aliphatic heterocycles. The molecular formula is C40H30N4O6. The van der Waals surface area contributed by atoms with Crippen LogP contribution in [-0.4, -0.2) is 33.7 Å². The van der Waals surface area contributed by atoms with Crippen LogP contribution in [0.15, 0.2) is 133 Å². The van der Waals surface area contributed by atoms with Gasteiger partial charge in [-0.3, -0.25) is 19.2 Å². The molecule has 0 saturated heterocycles. The monoisotopic (exact) mass is 662 g/mol. The highest BCUT2D eigenvalue weighted by molar-refractivity contribution is 6.05. The van der Waals surface area contributed by atoms with E-state index in [1.165, 1.54) is 13.8 Å². The standard InChI is InChI=1S/C40H30N4O6/c1-25(45)49-34-20-12-30(13-21-34)39(47)41-32-16-8-28(9-17-32)37-24-36(27-6-4-3-5-7-27)43-38(44-37)29-10-18-33(19-11-29)42-40(48)31-14-22-35(23-15-31)50-26(2)46/h3-24H,1-2H3,(H,41,47)(H,42,48). The van der Waals surface area contributed by atoms with Gasteiger partial charge in [0.25, 0.3) is 11.8 Å². The van der Waals surface area contributed by atoms with Gasteiger partial charge >= 0.3 is 11.9 Å². The van der Waals surface area contributed by atoms with Crippen LogP contribution in [0.1, 0.15) is 34.6 Å². The Balaban J connectivity index is 1.20. The zero-order valence-corrected chi connectivity index (χ0v) is 27.0. The summed E-state index contributed by atoms with van der Waals surface area (Å²) < 4.78 is 10.1. The summed E-state index contributed by atoms with van der Waals surface area (Å²) in [6.45, 7) is 2.63. The number of esters is 2. The lowest BCUT2D eigenvalue weighted by Crippen LogP contribution is -2.12. The summed E-state index contributed by atoms with van der Waals surface area (Å²) in [7, 11) is 0. The van der Waals surface area contributed by atoms with E-state index in [-0.39, 0.29) is 11.8 Å². The van der Waals surface area contributed by atoms with Gasteiger partial charge in [0.05, 0.1) is 11.4 Å². The Morgan fingerprint density at radius 2 is 0.880 bits per heavy atom. The topological polar surface area (TPSA) is 137 Å². The summed E-state index contributed by atoms with van der Waals surface area (Å²) >= 11 is 0. The van der Waals surface area contributed by atoms with Gasteiger partial charge in [-0.2, -0.15) is 0 Å². The molecule has 6 rings (SSSR count). The number of aromatic nitrogens is 2. The molecule has 5 aromatic carbocycles. The average molecular weight is 663 g/mol. The largest absolute Gasteiger partial charge is 0.427 e. The Hall–Kier alpha value is -6.94. The first-order valence-corrected chi connectivity index (χ1v) is 15.6.